The van der Waals surface area contributed by atoms with Crippen molar-refractivity contribution in [3.05, 3.63) is 54.1 Å². The van der Waals surface area contributed by atoms with Gasteiger partial charge in [0.25, 0.3) is 5.91 Å². The number of nitrogens with one attached hydrogen (secondary N) is 3. The van der Waals surface area contributed by atoms with Crippen molar-refractivity contribution in [2.45, 2.75) is 38.8 Å². The third-order valence-electron chi connectivity index (χ3n) is 4.40. The average Bonchev–Trinajstić information content (AvgIpc) is 3.22. The van der Waals surface area contributed by atoms with Gasteiger partial charge >= 0.3 is 6.09 Å². The molecule has 0 aliphatic carbocycles. The van der Waals surface area contributed by atoms with Crippen molar-refractivity contribution in [2.24, 2.45) is 0 Å². The Kier molecular flexibility index (Phi) is 7.11. The van der Waals surface area contributed by atoms with Crippen LogP contribution in [0.2, 0.25) is 0 Å². The van der Waals surface area contributed by atoms with Crippen molar-refractivity contribution in [1.29, 1.82) is 0 Å². The van der Waals surface area contributed by atoms with Crippen molar-refractivity contribution >= 4 is 12.0 Å². The monoisotopic (exact) mass is 454 g/mol. The zero-order chi connectivity index (χ0) is 24.0. The summed E-state index contributed by atoms with van der Waals surface area (Å²) in [5.74, 6) is -0.345. The molecule has 33 heavy (non-hydrogen) atoms. The zero-order valence-corrected chi connectivity index (χ0v) is 18.5. The van der Waals surface area contributed by atoms with Gasteiger partial charge in [-0.2, -0.15) is 5.10 Å². The minimum Gasteiger partial charge on any atom is -0.508 e. The molecule has 0 unspecified atom stereocenters. The maximum absolute atomic E-state index is 12.8. The van der Waals surface area contributed by atoms with Gasteiger partial charge in [0, 0.05) is 30.6 Å². The smallest absolute Gasteiger partial charge is 0.407 e. The fourth-order valence-electron chi connectivity index (χ4n) is 2.92. The highest BCUT2D eigenvalue weighted by atomic mass is 16.6. The van der Waals surface area contributed by atoms with E-state index in [0.29, 0.717) is 11.6 Å². The second-order valence-electron chi connectivity index (χ2n) is 8.22. The summed E-state index contributed by atoms with van der Waals surface area (Å²) in [6.45, 7) is 5.45. The Hall–Kier alpha value is -4.15. The van der Waals surface area contributed by atoms with E-state index in [0.717, 1.165) is 11.6 Å². The van der Waals surface area contributed by atoms with Gasteiger partial charge in [-0.15, -0.1) is 0 Å². The number of rotatable bonds is 7. The Morgan fingerprint density at radius 1 is 1.15 bits per heavy atom. The molecule has 0 radical (unpaired) electrons. The molecule has 3 aromatic rings. The van der Waals surface area contributed by atoms with Crippen molar-refractivity contribution in [2.75, 3.05) is 6.54 Å². The number of phenolic OH excluding ortho intramolecular Hbond substituents is 2. The number of aromatic nitrogens is 4. The molecule has 0 spiro atoms. The molecule has 3 rings (SSSR count). The number of H-pyrrole nitrogens is 1. The van der Waals surface area contributed by atoms with E-state index in [9.17, 15) is 19.8 Å². The standard InChI is InChI=1S/C22H26N6O5/c1-22(2,3)33-21(32)24-11-8-16(25-20(31)15-5-4-14(29)12-17(15)30)19-26-18(27-28-19)13-6-9-23-10-7-13/h4-7,9-10,12,16,29-30H,8,11H2,1-3H3,(H,24,32)(H,25,31)(H,26,27,28)/t16-/m0/s1. The van der Waals surface area contributed by atoms with E-state index in [1.807, 2.05) is 0 Å². The van der Waals surface area contributed by atoms with Gasteiger partial charge < -0.3 is 25.6 Å². The van der Waals surface area contributed by atoms with Gasteiger partial charge in [0.1, 0.15) is 22.9 Å². The number of hydrogen-bond donors (Lipinski definition) is 5. The Morgan fingerprint density at radius 3 is 2.55 bits per heavy atom. The van der Waals surface area contributed by atoms with Crippen LogP contribution in [0.1, 0.15) is 49.4 Å². The van der Waals surface area contributed by atoms with Gasteiger partial charge in [0.15, 0.2) is 5.82 Å². The maximum atomic E-state index is 12.8. The third-order valence-corrected chi connectivity index (χ3v) is 4.40. The lowest BCUT2D eigenvalue weighted by molar-refractivity contribution is 0.0526. The highest BCUT2D eigenvalue weighted by molar-refractivity contribution is 5.97. The molecular formula is C22H26N6O5. The van der Waals surface area contributed by atoms with E-state index in [2.05, 4.69) is 30.8 Å². The molecule has 2 amide bonds. The van der Waals surface area contributed by atoms with Gasteiger partial charge in [-0.1, -0.05) is 0 Å². The number of aromatic amines is 1. The second-order valence-corrected chi connectivity index (χ2v) is 8.22. The van der Waals surface area contributed by atoms with Crippen LogP contribution in [0.5, 0.6) is 11.5 Å². The van der Waals surface area contributed by atoms with Gasteiger partial charge in [0.05, 0.1) is 11.6 Å². The lowest BCUT2D eigenvalue weighted by Crippen LogP contribution is -2.36. The summed E-state index contributed by atoms with van der Waals surface area (Å²) in [5.41, 5.74) is 0.0748. The van der Waals surface area contributed by atoms with E-state index < -0.39 is 23.6 Å². The Labute approximate surface area is 190 Å². The van der Waals surface area contributed by atoms with Crippen LogP contribution in [-0.4, -0.2) is 54.5 Å². The van der Waals surface area contributed by atoms with Crippen LogP contribution in [0.4, 0.5) is 4.79 Å². The summed E-state index contributed by atoms with van der Waals surface area (Å²) in [6, 6.07) is 6.49. The molecule has 11 heteroatoms. The molecule has 1 aromatic carbocycles. The average molecular weight is 454 g/mol. The van der Waals surface area contributed by atoms with E-state index in [-0.39, 0.29) is 30.0 Å². The van der Waals surface area contributed by atoms with E-state index >= 15 is 0 Å². The normalized spacial score (nSPS) is 12.1. The van der Waals surface area contributed by atoms with Crippen LogP contribution in [0, 0.1) is 0 Å². The summed E-state index contributed by atoms with van der Waals surface area (Å²) in [5, 5.41) is 31.9. The van der Waals surface area contributed by atoms with Crippen LogP contribution < -0.4 is 10.6 Å². The van der Waals surface area contributed by atoms with E-state index in [1.54, 1.807) is 45.3 Å². The first-order chi connectivity index (χ1) is 15.6. The predicted octanol–water partition coefficient (Wildman–Crippen LogP) is 2.66. The predicted molar refractivity (Wildman–Crippen MR) is 118 cm³/mol. The molecule has 2 aromatic heterocycles. The van der Waals surface area contributed by atoms with E-state index in [4.69, 9.17) is 4.74 Å². The second kappa shape index (κ2) is 9.98. The molecule has 174 valence electrons. The summed E-state index contributed by atoms with van der Waals surface area (Å²) < 4.78 is 5.23. The molecule has 0 bridgehead atoms. The zero-order valence-electron chi connectivity index (χ0n) is 18.5. The first kappa shape index (κ1) is 23.5. The summed E-state index contributed by atoms with van der Waals surface area (Å²) in [7, 11) is 0. The number of nitrogens with zero attached hydrogens (tertiary/aromatic N) is 3. The number of hydrogen-bond acceptors (Lipinski definition) is 8. The SMILES string of the molecule is CC(C)(C)OC(=O)NCC[C@H](NC(=O)c1ccc(O)cc1O)c1nc(-c2ccncc2)n[nH]1. The molecule has 0 saturated heterocycles. The van der Waals surface area contributed by atoms with Crippen molar-refractivity contribution in [1.82, 2.24) is 30.8 Å². The Balaban J connectivity index is 1.76. The minimum absolute atomic E-state index is 0.0215. The van der Waals surface area contributed by atoms with Crippen LogP contribution in [-0.2, 0) is 4.74 Å². The quantitative estimate of drug-likeness (QED) is 0.364. The molecule has 0 aliphatic heterocycles. The molecule has 5 N–H and O–H groups in total. The van der Waals surface area contributed by atoms with Crippen molar-refractivity contribution in [3.63, 3.8) is 0 Å². The summed E-state index contributed by atoms with van der Waals surface area (Å²) in [6.07, 6.45) is 2.90. The van der Waals surface area contributed by atoms with Gasteiger partial charge in [0.2, 0.25) is 0 Å². The number of carbonyl (C=O) groups is 2. The lowest BCUT2D eigenvalue weighted by Gasteiger charge is -2.21. The molecule has 0 fully saturated rings. The lowest BCUT2D eigenvalue weighted by atomic mass is 10.1. The Bertz CT molecular complexity index is 1110. The number of alkyl carbamates (subject to hydrolysis) is 1. The molecule has 11 nitrogen and oxygen atoms in total. The number of phenols is 2. The third kappa shape index (κ3) is 6.66. The van der Waals surface area contributed by atoms with Gasteiger partial charge in [-0.3, -0.25) is 14.9 Å². The fourth-order valence-corrected chi connectivity index (χ4v) is 2.92. The van der Waals surface area contributed by atoms with Crippen LogP contribution >= 0.6 is 0 Å². The van der Waals surface area contributed by atoms with Crippen LogP contribution in [0.3, 0.4) is 0 Å². The fraction of sp³-hybridized carbons (Fsp3) is 0.318. The van der Waals surface area contributed by atoms with Crippen molar-refractivity contribution in [3.8, 4) is 22.9 Å². The summed E-state index contributed by atoms with van der Waals surface area (Å²) >= 11 is 0. The maximum Gasteiger partial charge on any atom is 0.407 e. The largest absolute Gasteiger partial charge is 0.508 e. The first-order valence-electron chi connectivity index (χ1n) is 10.2. The number of amides is 2. The van der Waals surface area contributed by atoms with E-state index in [1.165, 1.54) is 12.1 Å². The van der Waals surface area contributed by atoms with Crippen LogP contribution in [0.15, 0.2) is 42.7 Å². The number of benzene rings is 1. The van der Waals surface area contributed by atoms with Gasteiger partial charge in [-0.25, -0.2) is 9.78 Å². The minimum atomic E-state index is -0.677. The molecule has 2 heterocycles. The highest BCUT2D eigenvalue weighted by Gasteiger charge is 2.23. The van der Waals surface area contributed by atoms with Crippen LogP contribution in [0.25, 0.3) is 11.4 Å². The number of ether oxygens (including phenoxy) is 1. The number of aromatic hydroxyl groups is 2. The number of pyridine rings is 1. The Morgan fingerprint density at radius 2 is 1.88 bits per heavy atom. The molecule has 0 saturated carbocycles. The number of carbonyl (C=O) groups excluding carboxylic acids is 2. The van der Waals surface area contributed by atoms with Crippen molar-refractivity contribution < 1.29 is 24.5 Å². The molecule has 1 atom stereocenters. The highest BCUT2D eigenvalue weighted by Crippen LogP contribution is 2.24. The summed E-state index contributed by atoms with van der Waals surface area (Å²) in [4.78, 5) is 33.2. The molecular weight excluding hydrogens is 428 g/mol. The topological polar surface area (TPSA) is 162 Å². The molecule has 0 aliphatic rings. The first-order valence-corrected chi connectivity index (χ1v) is 10.2. The van der Waals surface area contributed by atoms with Gasteiger partial charge in [-0.05, 0) is 51.5 Å².